The number of carbonyl (C=O) groups is 1. The summed E-state index contributed by atoms with van der Waals surface area (Å²) in [7, 11) is 4.42. The third kappa shape index (κ3) is 4.36. The number of benzene rings is 1. The molecule has 0 radical (unpaired) electrons. The van der Waals surface area contributed by atoms with E-state index < -0.39 is 12.0 Å². The molecule has 20 heavy (non-hydrogen) atoms. The van der Waals surface area contributed by atoms with Crippen molar-refractivity contribution in [3.63, 3.8) is 0 Å². The summed E-state index contributed by atoms with van der Waals surface area (Å²) in [5.74, 6) is 0.814. The molecule has 0 heterocycles. The lowest BCUT2D eigenvalue weighted by Crippen LogP contribution is -2.21. The molecule has 6 nitrogen and oxygen atoms in total. The minimum Gasteiger partial charge on any atom is -0.496 e. The fraction of sp³-hybridized carbons (Fsp3) is 0.462. The largest absolute Gasteiger partial charge is 0.496 e. The quantitative estimate of drug-likeness (QED) is 0.755. The number of methoxy groups -OCH3 is 3. The minimum atomic E-state index is -0.448. The summed E-state index contributed by atoms with van der Waals surface area (Å²) >= 11 is 3.37. The van der Waals surface area contributed by atoms with Gasteiger partial charge in [-0.2, -0.15) is 0 Å². The van der Waals surface area contributed by atoms with Crippen LogP contribution in [0.25, 0.3) is 0 Å². The van der Waals surface area contributed by atoms with Gasteiger partial charge in [-0.25, -0.2) is 4.79 Å². The van der Waals surface area contributed by atoms with E-state index in [0.29, 0.717) is 11.5 Å². The highest BCUT2D eigenvalue weighted by Gasteiger charge is 2.16. The van der Waals surface area contributed by atoms with E-state index in [0.717, 1.165) is 10.0 Å². The van der Waals surface area contributed by atoms with Crippen LogP contribution in [0.2, 0.25) is 0 Å². The van der Waals surface area contributed by atoms with Crippen molar-refractivity contribution in [3.05, 3.63) is 22.2 Å². The van der Waals surface area contributed by atoms with Gasteiger partial charge in [0.2, 0.25) is 0 Å². The van der Waals surface area contributed by atoms with Gasteiger partial charge in [0.25, 0.3) is 0 Å². The predicted octanol–water partition coefficient (Wildman–Crippen LogP) is 1.66. The standard InChI is InChI=1S/C13H18BrNO5/c1-17-11-5-9(14)12(18-2)4-8(11)10(15)6-20-7-13(16)19-3/h4-5,10H,6-7,15H2,1-3H3. The van der Waals surface area contributed by atoms with E-state index in [2.05, 4.69) is 20.7 Å². The van der Waals surface area contributed by atoms with Crippen LogP contribution < -0.4 is 15.2 Å². The molecule has 1 atom stereocenters. The molecule has 0 aliphatic carbocycles. The topological polar surface area (TPSA) is 80.0 Å². The van der Waals surface area contributed by atoms with E-state index in [9.17, 15) is 4.79 Å². The van der Waals surface area contributed by atoms with Crippen molar-refractivity contribution in [2.75, 3.05) is 34.5 Å². The number of halogens is 1. The maximum Gasteiger partial charge on any atom is 0.331 e. The Labute approximate surface area is 126 Å². The van der Waals surface area contributed by atoms with Gasteiger partial charge in [0, 0.05) is 5.56 Å². The molecule has 0 saturated heterocycles. The summed E-state index contributed by atoms with van der Waals surface area (Å²) in [6.07, 6.45) is 0. The Bertz CT molecular complexity index is 466. The van der Waals surface area contributed by atoms with E-state index in [4.69, 9.17) is 19.9 Å². The van der Waals surface area contributed by atoms with Crippen LogP contribution in [0.4, 0.5) is 0 Å². The van der Waals surface area contributed by atoms with Gasteiger partial charge in [0.05, 0.1) is 38.5 Å². The van der Waals surface area contributed by atoms with Crippen LogP contribution >= 0.6 is 15.9 Å². The van der Waals surface area contributed by atoms with Gasteiger partial charge < -0.3 is 24.7 Å². The smallest absolute Gasteiger partial charge is 0.331 e. The molecule has 7 heteroatoms. The average Bonchev–Trinajstić information content (AvgIpc) is 2.46. The molecule has 0 spiro atoms. The van der Waals surface area contributed by atoms with E-state index >= 15 is 0 Å². The Kier molecular flexibility index (Phi) is 6.77. The molecule has 0 aliphatic rings. The molecule has 0 aliphatic heterocycles. The zero-order valence-electron chi connectivity index (χ0n) is 11.6. The lowest BCUT2D eigenvalue weighted by atomic mass is 10.1. The number of ether oxygens (including phenoxy) is 4. The molecule has 112 valence electrons. The molecule has 1 unspecified atom stereocenters. The fourth-order valence-electron chi connectivity index (χ4n) is 1.59. The molecular weight excluding hydrogens is 330 g/mol. The number of hydrogen-bond acceptors (Lipinski definition) is 6. The highest BCUT2D eigenvalue weighted by molar-refractivity contribution is 9.10. The van der Waals surface area contributed by atoms with Gasteiger partial charge in [-0.3, -0.25) is 0 Å². The second kappa shape index (κ2) is 8.08. The normalized spacial score (nSPS) is 11.8. The van der Waals surface area contributed by atoms with Gasteiger partial charge in [0.15, 0.2) is 0 Å². The maximum atomic E-state index is 11.0. The highest BCUT2D eigenvalue weighted by Crippen LogP contribution is 2.35. The van der Waals surface area contributed by atoms with Crippen molar-refractivity contribution in [2.24, 2.45) is 5.73 Å². The van der Waals surface area contributed by atoms with E-state index in [1.54, 1.807) is 26.4 Å². The SMILES string of the molecule is COC(=O)COCC(N)c1cc(OC)c(Br)cc1OC. The van der Waals surface area contributed by atoms with Crippen LogP contribution in [0, 0.1) is 0 Å². The van der Waals surface area contributed by atoms with Crippen LogP contribution in [0.15, 0.2) is 16.6 Å². The van der Waals surface area contributed by atoms with Gasteiger partial charge in [-0.05, 0) is 28.1 Å². The van der Waals surface area contributed by atoms with E-state index in [1.807, 2.05) is 0 Å². The van der Waals surface area contributed by atoms with Crippen LogP contribution in [-0.4, -0.2) is 40.5 Å². The number of carbonyl (C=O) groups excluding carboxylic acids is 1. The Morgan fingerprint density at radius 1 is 1.25 bits per heavy atom. The molecule has 1 aromatic carbocycles. The zero-order chi connectivity index (χ0) is 15.1. The first-order chi connectivity index (χ1) is 9.53. The second-order valence-electron chi connectivity index (χ2n) is 3.93. The van der Waals surface area contributed by atoms with Gasteiger partial charge in [0.1, 0.15) is 18.1 Å². The number of rotatable bonds is 7. The van der Waals surface area contributed by atoms with Crippen LogP contribution in [-0.2, 0) is 14.3 Å². The van der Waals surface area contributed by atoms with Crippen molar-refractivity contribution in [3.8, 4) is 11.5 Å². The monoisotopic (exact) mass is 347 g/mol. The Balaban J connectivity index is 2.80. The number of nitrogens with two attached hydrogens (primary N) is 1. The summed E-state index contributed by atoms with van der Waals surface area (Å²) in [6.45, 7) is 0.0242. The summed E-state index contributed by atoms with van der Waals surface area (Å²) < 4.78 is 20.9. The molecule has 1 rings (SSSR count). The van der Waals surface area contributed by atoms with Gasteiger partial charge >= 0.3 is 5.97 Å². The summed E-state index contributed by atoms with van der Waals surface area (Å²) in [5, 5.41) is 0. The molecule has 0 amide bonds. The van der Waals surface area contributed by atoms with E-state index in [1.165, 1.54) is 7.11 Å². The van der Waals surface area contributed by atoms with Gasteiger partial charge in [-0.1, -0.05) is 0 Å². The lowest BCUT2D eigenvalue weighted by molar-refractivity contribution is -0.146. The van der Waals surface area contributed by atoms with Crippen LogP contribution in [0.5, 0.6) is 11.5 Å². The third-order valence-electron chi connectivity index (χ3n) is 2.65. The summed E-state index contributed by atoms with van der Waals surface area (Å²) in [5.41, 5.74) is 6.78. The first-order valence-corrected chi connectivity index (χ1v) is 6.64. The molecule has 0 aromatic heterocycles. The first kappa shape index (κ1) is 16.7. The Morgan fingerprint density at radius 2 is 1.90 bits per heavy atom. The van der Waals surface area contributed by atoms with Crippen molar-refractivity contribution >= 4 is 21.9 Å². The second-order valence-corrected chi connectivity index (χ2v) is 4.78. The first-order valence-electron chi connectivity index (χ1n) is 5.85. The highest BCUT2D eigenvalue weighted by atomic mass is 79.9. The molecule has 0 fully saturated rings. The third-order valence-corrected chi connectivity index (χ3v) is 3.27. The molecule has 2 N–H and O–H groups in total. The zero-order valence-corrected chi connectivity index (χ0v) is 13.2. The molecule has 1 aromatic rings. The van der Waals surface area contributed by atoms with Crippen molar-refractivity contribution in [1.29, 1.82) is 0 Å². The maximum absolute atomic E-state index is 11.0. The molecule has 0 bridgehead atoms. The average molecular weight is 348 g/mol. The number of hydrogen-bond donors (Lipinski definition) is 1. The minimum absolute atomic E-state index is 0.139. The summed E-state index contributed by atoms with van der Waals surface area (Å²) in [6, 6.07) is 3.10. The van der Waals surface area contributed by atoms with E-state index in [-0.39, 0.29) is 13.2 Å². The summed E-state index contributed by atoms with van der Waals surface area (Å²) in [4.78, 5) is 11.0. The Morgan fingerprint density at radius 3 is 2.45 bits per heavy atom. The predicted molar refractivity (Wildman–Crippen MR) is 77.0 cm³/mol. The number of esters is 1. The molecule has 0 saturated carbocycles. The molecular formula is C13H18BrNO5. The fourth-order valence-corrected chi connectivity index (χ4v) is 2.08. The van der Waals surface area contributed by atoms with Crippen molar-refractivity contribution in [2.45, 2.75) is 6.04 Å². The Hall–Kier alpha value is -1.31. The lowest BCUT2D eigenvalue weighted by Gasteiger charge is -2.17. The van der Waals surface area contributed by atoms with Gasteiger partial charge in [-0.15, -0.1) is 0 Å². The van der Waals surface area contributed by atoms with Crippen LogP contribution in [0.3, 0.4) is 0 Å². The van der Waals surface area contributed by atoms with Crippen LogP contribution in [0.1, 0.15) is 11.6 Å². The van der Waals surface area contributed by atoms with Crippen molar-refractivity contribution < 1.29 is 23.7 Å². The van der Waals surface area contributed by atoms with Crippen molar-refractivity contribution in [1.82, 2.24) is 0 Å².